The van der Waals surface area contributed by atoms with E-state index in [-0.39, 0.29) is 23.7 Å². The molecule has 0 bridgehead atoms. The molecule has 6 nitrogen and oxygen atoms in total. The average Bonchev–Trinajstić information content (AvgIpc) is 3.42. The van der Waals surface area contributed by atoms with Gasteiger partial charge in [-0.25, -0.2) is 9.37 Å². The fourth-order valence-corrected chi connectivity index (χ4v) is 4.60. The number of aryl methyl sites for hydroxylation is 2. The number of thiazole rings is 1. The lowest BCUT2D eigenvalue weighted by molar-refractivity contribution is 0.0736. The van der Waals surface area contributed by atoms with Crippen molar-refractivity contribution >= 4 is 23.2 Å². The summed E-state index contributed by atoms with van der Waals surface area (Å²) in [6, 6.07) is 9.49. The highest BCUT2D eigenvalue weighted by Crippen LogP contribution is 2.33. The molecule has 1 aliphatic rings. The smallest absolute Gasteiger partial charge is 0.266 e. The van der Waals surface area contributed by atoms with Gasteiger partial charge in [-0.05, 0) is 56.5 Å². The van der Waals surface area contributed by atoms with Crippen molar-refractivity contribution in [2.45, 2.75) is 39.3 Å². The van der Waals surface area contributed by atoms with Gasteiger partial charge in [-0.3, -0.25) is 14.6 Å². The Labute approximate surface area is 184 Å². The Hall–Kier alpha value is -3.13. The van der Waals surface area contributed by atoms with Crippen LogP contribution in [0.25, 0.3) is 0 Å². The third-order valence-electron chi connectivity index (χ3n) is 5.51. The Balaban J connectivity index is 1.47. The molecule has 160 valence electrons. The van der Waals surface area contributed by atoms with E-state index in [4.69, 9.17) is 0 Å². The van der Waals surface area contributed by atoms with Crippen molar-refractivity contribution in [3.05, 3.63) is 80.8 Å². The number of carbonyl (C=O) groups is 2. The third-order valence-corrected chi connectivity index (χ3v) is 6.43. The van der Waals surface area contributed by atoms with Crippen molar-refractivity contribution in [1.29, 1.82) is 0 Å². The molecule has 0 aliphatic carbocycles. The fourth-order valence-electron chi connectivity index (χ4n) is 3.84. The molecule has 1 fully saturated rings. The summed E-state index contributed by atoms with van der Waals surface area (Å²) in [6.07, 6.45) is 1.75. The van der Waals surface area contributed by atoms with Gasteiger partial charge in [0, 0.05) is 13.1 Å². The summed E-state index contributed by atoms with van der Waals surface area (Å²) in [5.41, 5.74) is 5.14. The number of carbonyl (C=O) groups excluding carboxylic acids is 2. The van der Waals surface area contributed by atoms with Crippen molar-refractivity contribution in [3.8, 4) is 0 Å². The normalized spacial score (nSPS) is 15.8. The zero-order valence-electron chi connectivity index (χ0n) is 17.4. The van der Waals surface area contributed by atoms with Crippen LogP contribution in [-0.2, 0) is 6.54 Å². The van der Waals surface area contributed by atoms with Crippen LogP contribution in [0.2, 0.25) is 0 Å². The van der Waals surface area contributed by atoms with E-state index in [1.807, 2.05) is 17.9 Å². The second-order valence-corrected chi connectivity index (χ2v) is 8.46. The Morgan fingerprint density at radius 2 is 1.94 bits per heavy atom. The number of hydrogen-bond donors (Lipinski definition) is 1. The first-order valence-corrected chi connectivity index (χ1v) is 11.0. The molecule has 1 aromatic carbocycles. The Morgan fingerprint density at radius 3 is 2.61 bits per heavy atom. The van der Waals surface area contributed by atoms with Crippen LogP contribution in [-0.4, -0.2) is 33.2 Å². The van der Waals surface area contributed by atoms with Crippen LogP contribution >= 0.6 is 11.3 Å². The maximum Gasteiger partial charge on any atom is 0.266 e. The number of pyridine rings is 1. The van der Waals surface area contributed by atoms with Gasteiger partial charge < -0.3 is 10.2 Å². The lowest BCUT2D eigenvalue weighted by atomic mass is 10.1. The summed E-state index contributed by atoms with van der Waals surface area (Å²) in [4.78, 5) is 37.0. The summed E-state index contributed by atoms with van der Waals surface area (Å²) in [5.74, 6) is -0.556. The predicted molar refractivity (Wildman–Crippen MR) is 116 cm³/mol. The van der Waals surface area contributed by atoms with Gasteiger partial charge in [0.1, 0.15) is 10.7 Å². The van der Waals surface area contributed by atoms with Crippen molar-refractivity contribution < 1.29 is 14.0 Å². The summed E-state index contributed by atoms with van der Waals surface area (Å²) < 4.78 is 13.0. The van der Waals surface area contributed by atoms with E-state index < -0.39 is 0 Å². The van der Waals surface area contributed by atoms with Gasteiger partial charge in [-0.1, -0.05) is 12.1 Å². The molecule has 2 amide bonds. The van der Waals surface area contributed by atoms with E-state index in [0.717, 1.165) is 29.8 Å². The molecule has 0 saturated carbocycles. The highest BCUT2D eigenvalue weighted by Gasteiger charge is 2.33. The predicted octanol–water partition coefficient (Wildman–Crippen LogP) is 4.20. The monoisotopic (exact) mass is 438 g/mol. The molecule has 8 heteroatoms. The quantitative estimate of drug-likeness (QED) is 0.648. The number of aromatic nitrogens is 2. The zero-order valence-corrected chi connectivity index (χ0v) is 18.2. The first kappa shape index (κ1) is 21.1. The third kappa shape index (κ3) is 4.49. The highest BCUT2D eigenvalue weighted by molar-refractivity contribution is 7.11. The minimum atomic E-state index is -0.310. The van der Waals surface area contributed by atoms with Gasteiger partial charge in [0.25, 0.3) is 11.8 Å². The molecule has 4 rings (SSSR count). The number of benzene rings is 1. The molecule has 1 saturated heterocycles. The van der Waals surface area contributed by atoms with Gasteiger partial charge in [0.15, 0.2) is 0 Å². The van der Waals surface area contributed by atoms with Crippen LogP contribution < -0.4 is 5.32 Å². The standard InChI is InChI=1S/C23H23FN4O2S/c1-14-18(22(29)25-12-16-5-7-17(24)8-6-16)9-10-19(27-14)20-4-3-11-28(20)23(30)21-15(2)26-13-31-21/h5-10,13,20H,3-4,11-12H2,1-2H3,(H,25,29). The van der Waals surface area contributed by atoms with Crippen LogP contribution in [0.5, 0.6) is 0 Å². The van der Waals surface area contributed by atoms with E-state index in [2.05, 4.69) is 15.3 Å². The maximum absolute atomic E-state index is 13.0. The molecule has 1 unspecified atom stereocenters. The van der Waals surface area contributed by atoms with Crippen LogP contribution in [0.3, 0.4) is 0 Å². The van der Waals surface area contributed by atoms with E-state index in [9.17, 15) is 14.0 Å². The largest absolute Gasteiger partial charge is 0.348 e. The zero-order chi connectivity index (χ0) is 22.0. The second-order valence-electron chi connectivity index (χ2n) is 7.60. The highest BCUT2D eigenvalue weighted by atomic mass is 32.1. The van der Waals surface area contributed by atoms with Crippen LogP contribution in [0, 0.1) is 19.7 Å². The molecule has 0 radical (unpaired) electrons. The van der Waals surface area contributed by atoms with Crippen molar-refractivity contribution in [3.63, 3.8) is 0 Å². The summed E-state index contributed by atoms with van der Waals surface area (Å²) in [6.45, 7) is 4.63. The Kier molecular flexibility index (Phi) is 6.08. The number of hydrogen-bond acceptors (Lipinski definition) is 5. The Bertz CT molecular complexity index is 1110. The molecule has 2 aromatic heterocycles. The van der Waals surface area contributed by atoms with Crippen LogP contribution in [0.4, 0.5) is 4.39 Å². The average molecular weight is 439 g/mol. The lowest BCUT2D eigenvalue weighted by Gasteiger charge is -2.24. The minimum Gasteiger partial charge on any atom is -0.348 e. The molecule has 31 heavy (non-hydrogen) atoms. The summed E-state index contributed by atoms with van der Waals surface area (Å²) >= 11 is 1.36. The molecule has 1 atom stereocenters. The number of rotatable bonds is 5. The molecular formula is C23H23FN4O2S. The summed E-state index contributed by atoms with van der Waals surface area (Å²) in [7, 11) is 0. The van der Waals surface area contributed by atoms with Gasteiger partial charge in [0.05, 0.1) is 34.2 Å². The topological polar surface area (TPSA) is 75.2 Å². The molecule has 3 heterocycles. The van der Waals surface area contributed by atoms with Gasteiger partial charge >= 0.3 is 0 Å². The number of halogens is 1. The van der Waals surface area contributed by atoms with Gasteiger partial charge in [-0.2, -0.15) is 0 Å². The fraction of sp³-hybridized carbons (Fsp3) is 0.304. The Morgan fingerprint density at radius 1 is 1.16 bits per heavy atom. The molecule has 1 N–H and O–H groups in total. The molecule has 1 aliphatic heterocycles. The number of amides is 2. The van der Waals surface area contributed by atoms with Gasteiger partial charge in [0.2, 0.25) is 0 Å². The maximum atomic E-state index is 13.0. The first-order valence-electron chi connectivity index (χ1n) is 10.2. The van der Waals surface area contributed by atoms with E-state index in [0.29, 0.717) is 29.2 Å². The van der Waals surface area contributed by atoms with E-state index >= 15 is 0 Å². The number of nitrogens with one attached hydrogen (secondary N) is 1. The first-order chi connectivity index (χ1) is 14.9. The summed E-state index contributed by atoms with van der Waals surface area (Å²) in [5, 5.41) is 2.84. The molecule has 3 aromatic rings. The molecular weight excluding hydrogens is 415 g/mol. The van der Waals surface area contributed by atoms with Crippen molar-refractivity contribution in [1.82, 2.24) is 20.2 Å². The number of nitrogens with zero attached hydrogens (tertiary/aromatic N) is 3. The molecule has 0 spiro atoms. The van der Waals surface area contributed by atoms with Crippen LogP contribution in [0.15, 0.2) is 41.9 Å². The van der Waals surface area contributed by atoms with Crippen LogP contribution in [0.1, 0.15) is 61.6 Å². The SMILES string of the molecule is Cc1nc(C2CCCN2C(=O)c2scnc2C)ccc1C(=O)NCc1ccc(F)cc1. The second kappa shape index (κ2) is 8.93. The lowest BCUT2D eigenvalue weighted by Crippen LogP contribution is -2.31. The minimum absolute atomic E-state index is 0.0110. The van der Waals surface area contributed by atoms with Gasteiger partial charge in [-0.15, -0.1) is 11.3 Å². The van der Waals surface area contributed by atoms with Crippen molar-refractivity contribution in [2.24, 2.45) is 0 Å². The van der Waals surface area contributed by atoms with E-state index in [1.165, 1.54) is 23.5 Å². The van der Waals surface area contributed by atoms with E-state index in [1.54, 1.807) is 30.6 Å². The van der Waals surface area contributed by atoms with Crippen molar-refractivity contribution in [2.75, 3.05) is 6.54 Å². The number of likely N-dealkylation sites (tertiary alicyclic amines) is 1.